The number of piperidine rings is 9. The number of nitrogens with one attached hydrogen (secondary N) is 6. The number of likely N-dealkylation sites (tertiary alicyclic amines) is 9. The number of urea groups is 3. The summed E-state index contributed by atoms with van der Waals surface area (Å²) in [5.41, 5.74) is 7.27. The SMILES string of the molecule is Cc1cc(F)cc(C(=O)N[C@@H](CC(=O)N2CCC(N3Cc4ccccc4NC3=O)CC2)C(=O)N2CCC(N3CCCCC3)CC2)c1.Cc1cccc(C(=O)N[C@@H](CC(=O)N2CCC(N3Cc4ccccc4NC3=O)CC2)C(=O)N2CCC(N3CCCCC3)CC2)c1Cl.O=C(N[C@@H](CC(=O)N1CCC(N2Cc3ccccc3NC2=O)CC1)C(=O)N1CCC(N2CCCCC2)CC1)c1cccc(OC(F)(F)F)c1. The summed E-state index contributed by atoms with van der Waals surface area (Å²) >= 11 is 6.46. The molecule has 0 unspecified atom stereocenters. The van der Waals surface area contributed by atoms with Crippen molar-refractivity contribution in [3.05, 3.63) is 189 Å². The van der Waals surface area contributed by atoms with Gasteiger partial charge in [0.25, 0.3) is 17.7 Å². The van der Waals surface area contributed by atoms with E-state index in [0.717, 1.165) is 135 Å². The van der Waals surface area contributed by atoms with E-state index in [4.69, 9.17) is 11.6 Å². The highest BCUT2D eigenvalue weighted by molar-refractivity contribution is 6.34. The third-order valence-corrected chi connectivity index (χ3v) is 30.9. The maximum Gasteiger partial charge on any atom is 0.573 e. The van der Waals surface area contributed by atoms with Gasteiger partial charge in [0.05, 0.1) is 29.8 Å². The third kappa shape index (κ3) is 26.3. The molecule has 0 bridgehead atoms. The molecule has 0 spiro atoms. The zero-order valence-electron chi connectivity index (χ0n) is 80.8. The lowest BCUT2D eigenvalue weighted by molar-refractivity contribution is -0.274. The zero-order chi connectivity index (χ0) is 99.0. The van der Waals surface area contributed by atoms with Crippen LogP contribution in [0.1, 0.15) is 213 Å². The second-order valence-corrected chi connectivity index (χ2v) is 40.0. The Hall–Kier alpha value is -12.0. The van der Waals surface area contributed by atoms with Crippen LogP contribution in [0.3, 0.4) is 0 Å². The third-order valence-electron chi connectivity index (χ3n) is 30.4. The van der Waals surface area contributed by atoms with E-state index in [-0.39, 0.29) is 108 Å². The number of halogens is 5. The average Bonchev–Trinajstić information content (AvgIpc) is 0.804. The van der Waals surface area contributed by atoms with E-state index in [1.807, 2.05) is 100 Å². The van der Waals surface area contributed by atoms with Gasteiger partial charge in [-0.3, -0.25) is 43.2 Å². The van der Waals surface area contributed by atoms with E-state index in [1.54, 1.807) is 54.5 Å². The van der Waals surface area contributed by atoms with Gasteiger partial charge in [-0.05, 0) is 257 Å². The number of amides is 15. The Bertz CT molecular complexity index is 5440. The van der Waals surface area contributed by atoms with Crippen LogP contribution < -0.4 is 36.6 Å². The molecule has 0 aromatic heterocycles. The molecule has 12 aliphatic rings. The minimum Gasteiger partial charge on any atom is -0.406 e. The van der Waals surface area contributed by atoms with Crippen molar-refractivity contribution in [2.24, 2.45) is 0 Å². The molecule has 6 aromatic carbocycles. The number of anilines is 3. The molecular weight excluding hydrogens is 1830 g/mol. The molecular formula is C105H133ClF4N18O13. The lowest BCUT2D eigenvalue weighted by Gasteiger charge is -2.41. The highest BCUT2D eigenvalue weighted by atomic mass is 35.5. The molecule has 6 N–H and O–H groups in total. The number of carbonyl (C=O) groups is 12. The number of alkyl halides is 3. The van der Waals surface area contributed by atoms with Crippen LogP contribution in [0, 0.1) is 19.7 Å². The van der Waals surface area contributed by atoms with Crippen molar-refractivity contribution in [3.63, 3.8) is 0 Å². The predicted molar refractivity (Wildman–Crippen MR) is 525 cm³/mol. The second-order valence-electron chi connectivity index (χ2n) is 39.7. The molecule has 18 rings (SSSR count). The largest absolute Gasteiger partial charge is 0.573 e. The monoisotopic (exact) mass is 1960 g/mol. The van der Waals surface area contributed by atoms with Gasteiger partial charge in [0.15, 0.2) is 0 Å². The Balaban J connectivity index is 0.000000152. The van der Waals surface area contributed by atoms with E-state index in [0.29, 0.717) is 165 Å². The molecule has 36 heteroatoms. The van der Waals surface area contributed by atoms with Gasteiger partial charge >= 0.3 is 24.5 Å². The molecule has 6 aromatic rings. The van der Waals surface area contributed by atoms with Gasteiger partial charge in [-0.1, -0.05) is 104 Å². The van der Waals surface area contributed by atoms with Crippen LogP contribution >= 0.6 is 11.6 Å². The highest BCUT2D eigenvalue weighted by Crippen LogP contribution is 2.36. The molecule has 9 fully saturated rings. The number of benzene rings is 6. The summed E-state index contributed by atoms with van der Waals surface area (Å²) in [5, 5.41) is 17.6. The van der Waals surface area contributed by atoms with E-state index in [9.17, 15) is 75.1 Å². The summed E-state index contributed by atoms with van der Waals surface area (Å²) in [6, 6.07) is 34.7. The molecule has 141 heavy (non-hydrogen) atoms. The fourth-order valence-electron chi connectivity index (χ4n) is 22.5. The van der Waals surface area contributed by atoms with E-state index >= 15 is 0 Å². The lowest BCUT2D eigenvalue weighted by atomic mass is 9.98. The molecule has 0 radical (unpaired) electrons. The van der Waals surface area contributed by atoms with Gasteiger partial charge < -0.3 is 95.4 Å². The average molecular weight is 1970 g/mol. The van der Waals surface area contributed by atoms with Crippen LogP contribution in [-0.2, 0) is 48.4 Å². The van der Waals surface area contributed by atoms with Crippen LogP contribution in [0.25, 0.3) is 0 Å². The highest BCUT2D eigenvalue weighted by Gasteiger charge is 2.44. The number of para-hydroxylation sites is 3. The number of carbonyl (C=O) groups excluding carboxylic acids is 12. The van der Waals surface area contributed by atoms with Crippen molar-refractivity contribution in [2.75, 3.05) is 134 Å². The van der Waals surface area contributed by atoms with Crippen LogP contribution in [0.4, 0.5) is 49.0 Å². The minimum atomic E-state index is -4.93. The van der Waals surface area contributed by atoms with Crippen molar-refractivity contribution in [2.45, 2.75) is 248 Å². The summed E-state index contributed by atoms with van der Waals surface area (Å²) < 4.78 is 56.6. The number of ether oxygens (including phenoxy) is 1. The van der Waals surface area contributed by atoms with Crippen molar-refractivity contribution >= 4 is 99.9 Å². The van der Waals surface area contributed by atoms with Crippen molar-refractivity contribution in [1.82, 2.24) is 74.7 Å². The number of fused-ring (bicyclic) bond motifs is 3. The molecule has 9 saturated heterocycles. The fourth-order valence-corrected chi connectivity index (χ4v) is 22.7. The number of nitrogens with zero attached hydrogens (tertiary/aromatic N) is 12. The number of rotatable bonds is 22. The molecule has 12 heterocycles. The minimum absolute atomic E-state index is 0.00745. The molecule has 3 atom stereocenters. The van der Waals surface area contributed by atoms with Gasteiger partial charge in [0, 0.05) is 163 Å². The fraction of sp³-hybridized carbons (Fsp3) is 0.543. The first kappa shape index (κ1) is 102. The molecule has 756 valence electrons. The maximum absolute atomic E-state index is 14.1. The first-order valence-electron chi connectivity index (χ1n) is 50.8. The van der Waals surface area contributed by atoms with Crippen LogP contribution in [0.5, 0.6) is 5.75 Å². The summed E-state index contributed by atoms with van der Waals surface area (Å²) in [4.78, 5) is 185. The Labute approximate surface area is 826 Å². The summed E-state index contributed by atoms with van der Waals surface area (Å²) in [6.07, 6.45) is 14.2. The van der Waals surface area contributed by atoms with Crippen molar-refractivity contribution < 1.29 is 79.8 Å². The zero-order valence-corrected chi connectivity index (χ0v) is 81.5. The van der Waals surface area contributed by atoms with E-state index in [2.05, 4.69) is 51.3 Å². The quantitative estimate of drug-likeness (QED) is 0.0344. The van der Waals surface area contributed by atoms with Gasteiger partial charge in [-0.2, -0.15) is 0 Å². The summed E-state index contributed by atoms with van der Waals surface area (Å²) in [7, 11) is 0. The van der Waals surface area contributed by atoms with Gasteiger partial charge in [0.1, 0.15) is 29.7 Å². The molecule has 12 aliphatic heterocycles. The molecule has 15 amide bonds. The summed E-state index contributed by atoms with van der Waals surface area (Å²) in [6.45, 7) is 17.6. The standard InChI is InChI=1S/C35H45ClN6O4.C35H43F3N6O5.C35H45FN6O4/c1-24-8-7-10-28(32(24)36)33(44)37-30(34(45)41-20-12-26(13-21-41)39-16-5-2-6-17-39)22-31(43)40-18-14-27(15-19-40)42-23-25-9-3-4-11-29(25)38-35(42)46;36-35(37,38)49-28-9-6-8-24(21-28)32(46)39-30(33(47)43-19-11-26(12-20-43)41-15-4-1-5-16-41)22-31(45)42-17-13-27(14-18-42)44-23-25-7-2-3-10-29(25)40-34(44)48;1-24-19-26(21-27(36)20-24)33(44)37-31(34(45)41-17-9-28(10-18-41)39-13-5-2-6-14-39)22-32(43)40-15-11-29(12-16-40)42-23-25-7-3-4-8-30(25)38-35(42)46/h3-4,7-11,26-27,30H,2,5-6,12-23H2,1H3,(H,37,44)(H,38,46);2-3,6-10,21,26-27,30H,1,4-5,11-20,22-23H2,(H,39,46)(H,40,48);3-4,7-8,19-21,28-29,31H,2,5-6,9-18,22-23H2,1H3,(H,37,44)(H,38,46)/t2*30-;31-/m000/s1. The van der Waals surface area contributed by atoms with E-state index < -0.39 is 53.8 Å². The Morgan fingerprint density at radius 2 is 0.688 bits per heavy atom. The summed E-state index contributed by atoms with van der Waals surface area (Å²) in [5.74, 6) is -4.50. The van der Waals surface area contributed by atoms with Gasteiger partial charge in [-0.15, -0.1) is 13.2 Å². The predicted octanol–water partition coefficient (Wildman–Crippen LogP) is 13.4. The van der Waals surface area contributed by atoms with E-state index in [1.165, 1.54) is 76.0 Å². The molecule has 0 aliphatic carbocycles. The lowest BCUT2D eigenvalue weighted by Crippen LogP contribution is -2.55. The van der Waals surface area contributed by atoms with Gasteiger partial charge in [0.2, 0.25) is 35.4 Å². The maximum atomic E-state index is 14.1. The second kappa shape index (κ2) is 47.3. The van der Waals surface area contributed by atoms with Crippen LogP contribution in [-0.4, -0.2) is 309 Å². The topological polar surface area (TPSA) is 325 Å². The number of hydrogen-bond acceptors (Lipinski definition) is 16. The first-order chi connectivity index (χ1) is 68.1. The molecule has 31 nitrogen and oxygen atoms in total. The Kier molecular flexibility index (Phi) is 34.2. The van der Waals surface area contributed by atoms with Crippen LogP contribution in [0.15, 0.2) is 133 Å². The number of hydrogen-bond donors (Lipinski definition) is 6. The first-order valence-corrected chi connectivity index (χ1v) is 51.1. The van der Waals surface area contributed by atoms with Gasteiger partial charge in [-0.25, -0.2) is 18.8 Å². The Morgan fingerprint density at radius 3 is 1.04 bits per heavy atom. The molecule has 0 saturated carbocycles. The Morgan fingerprint density at radius 1 is 0.369 bits per heavy atom. The number of aryl methyl sites for hydroxylation is 2. The van der Waals surface area contributed by atoms with Crippen molar-refractivity contribution in [1.29, 1.82) is 0 Å². The normalized spacial score (nSPS) is 20.5. The van der Waals surface area contributed by atoms with Crippen LogP contribution in [0.2, 0.25) is 5.02 Å². The van der Waals surface area contributed by atoms with Crippen molar-refractivity contribution in [3.8, 4) is 5.75 Å². The smallest absolute Gasteiger partial charge is 0.406 e.